The first-order valence-electron chi connectivity index (χ1n) is 9.89. The van der Waals surface area contributed by atoms with Crippen molar-refractivity contribution in [1.82, 2.24) is 20.2 Å². The maximum atomic E-state index is 12.3. The number of aromatic nitrogens is 3. The second-order valence-corrected chi connectivity index (χ2v) is 8.30. The molecular formula is C24H20ClN5OS. The van der Waals surface area contributed by atoms with E-state index in [0.717, 1.165) is 22.4 Å². The van der Waals surface area contributed by atoms with E-state index < -0.39 is 0 Å². The Hall–Kier alpha value is -3.42. The molecule has 0 saturated carbocycles. The number of halogens is 1. The minimum Gasteiger partial charge on any atom is -0.272 e. The number of nitrogens with one attached hydrogen (secondary N) is 1. The zero-order valence-corrected chi connectivity index (χ0v) is 18.8. The SMILES string of the molecule is Cc1ccc(-n2c(SCC(=O)N/N=C/c3ccccc3Cl)nnc2-c2ccccc2)cc1. The summed E-state index contributed by atoms with van der Waals surface area (Å²) >= 11 is 7.39. The van der Waals surface area contributed by atoms with Gasteiger partial charge in [0.05, 0.1) is 12.0 Å². The molecule has 4 aromatic rings. The molecule has 0 aliphatic carbocycles. The summed E-state index contributed by atoms with van der Waals surface area (Å²) in [6, 6.07) is 25.2. The van der Waals surface area contributed by atoms with E-state index >= 15 is 0 Å². The second kappa shape index (κ2) is 10.3. The lowest BCUT2D eigenvalue weighted by Crippen LogP contribution is -2.20. The van der Waals surface area contributed by atoms with Gasteiger partial charge in [-0.05, 0) is 25.1 Å². The van der Waals surface area contributed by atoms with Crippen LogP contribution in [0.1, 0.15) is 11.1 Å². The van der Waals surface area contributed by atoms with Crippen LogP contribution in [0.5, 0.6) is 0 Å². The highest BCUT2D eigenvalue weighted by molar-refractivity contribution is 7.99. The number of rotatable bonds is 7. The second-order valence-electron chi connectivity index (χ2n) is 6.95. The van der Waals surface area contributed by atoms with Crippen LogP contribution in [0.15, 0.2) is 89.1 Å². The summed E-state index contributed by atoms with van der Waals surface area (Å²) in [5.74, 6) is 0.602. The maximum Gasteiger partial charge on any atom is 0.250 e. The number of thioether (sulfide) groups is 1. The van der Waals surface area contributed by atoms with Gasteiger partial charge in [0.15, 0.2) is 11.0 Å². The van der Waals surface area contributed by atoms with E-state index in [1.807, 2.05) is 84.3 Å². The molecule has 1 amide bonds. The van der Waals surface area contributed by atoms with E-state index in [4.69, 9.17) is 11.6 Å². The van der Waals surface area contributed by atoms with E-state index in [2.05, 4.69) is 20.7 Å². The lowest BCUT2D eigenvalue weighted by Gasteiger charge is -2.10. The van der Waals surface area contributed by atoms with Gasteiger partial charge in [-0.3, -0.25) is 9.36 Å². The Kier molecular flexibility index (Phi) is 6.99. The predicted octanol–water partition coefficient (Wildman–Crippen LogP) is 5.14. The van der Waals surface area contributed by atoms with Gasteiger partial charge < -0.3 is 0 Å². The highest BCUT2D eigenvalue weighted by atomic mass is 35.5. The summed E-state index contributed by atoms with van der Waals surface area (Å²) in [5, 5.41) is 13.9. The average Bonchev–Trinajstić information content (AvgIpc) is 3.24. The molecule has 0 spiro atoms. The Morgan fingerprint density at radius 1 is 1.03 bits per heavy atom. The van der Waals surface area contributed by atoms with Crippen molar-refractivity contribution in [3.8, 4) is 17.1 Å². The smallest absolute Gasteiger partial charge is 0.250 e. The average molecular weight is 462 g/mol. The molecule has 8 heteroatoms. The fourth-order valence-corrected chi connectivity index (χ4v) is 3.91. The molecule has 3 aromatic carbocycles. The lowest BCUT2D eigenvalue weighted by atomic mass is 10.2. The number of carbonyl (C=O) groups is 1. The first-order valence-corrected chi connectivity index (χ1v) is 11.3. The molecule has 32 heavy (non-hydrogen) atoms. The van der Waals surface area contributed by atoms with Crippen molar-refractivity contribution in [3.05, 3.63) is 95.0 Å². The molecule has 0 saturated heterocycles. The third-order valence-corrected chi connectivity index (χ3v) is 5.86. The normalized spacial score (nSPS) is 11.1. The molecule has 0 radical (unpaired) electrons. The number of aryl methyl sites for hydroxylation is 1. The van der Waals surface area contributed by atoms with Gasteiger partial charge in [-0.25, -0.2) is 5.43 Å². The van der Waals surface area contributed by atoms with Crippen molar-refractivity contribution in [2.24, 2.45) is 5.10 Å². The number of amides is 1. The van der Waals surface area contributed by atoms with Gasteiger partial charge in [0, 0.05) is 21.8 Å². The summed E-state index contributed by atoms with van der Waals surface area (Å²) in [6.07, 6.45) is 1.52. The molecule has 0 unspecified atom stereocenters. The number of benzene rings is 3. The first-order chi connectivity index (χ1) is 15.6. The van der Waals surface area contributed by atoms with Crippen LogP contribution >= 0.6 is 23.4 Å². The Bertz CT molecular complexity index is 1240. The molecule has 1 N–H and O–H groups in total. The minimum atomic E-state index is -0.252. The van der Waals surface area contributed by atoms with Crippen molar-refractivity contribution in [3.63, 3.8) is 0 Å². The van der Waals surface area contributed by atoms with Gasteiger partial charge in [0.2, 0.25) is 0 Å². The molecule has 0 fully saturated rings. The zero-order valence-electron chi connectivity index (χ0n) is 17.3. The summed E-state index contributed by atoms with van der Waals surface area (Å²) in [7, 11) is 0. The van der Waals surface area contributed by atoms with Crippen LogP contribution in [0.2, 0.25) is 5.02 Å². The highest BCUT2D eigenvalue weighted by Crippen LogP contribution is 2.28. The molecule has 1 heterocycles. The van der Waals surface area contributed by atoms with Crippen molar-refractivity contribution < 1.29 is 4.79 Å². The van der Waals surface area contributed by atoms with Crippen LogP contribution in [0, 0.1) is 6.92 Å². The topological polar surface area (TPSA) is 72.2 Å². The number of carbonyl (C=O) groups excluding carboxylic acids is 1. The number of hydrogen-bond donors (Lipinski definition) is 1. The third-order valence-electron chi connectivity index (χ3n) is 4.59. The third kappa shape index (κ3) is 5.25. The van der Waals surface area contributed by atoms with Crippen molar-refractivity contribution in [2.75, 3.05) is 5.75 Å². The van der Waals surface area contributed by atoms with Crippen molar-refractivity contribution >= 4 is 35.5 Å². The molecule has 6 nitrogen and oxygen atoms in total. The fraction of sp³-hybridized carbons (Fsp3) is 0.0833. The summed E-state index contributed by atoms with van der Waals surface area (Å²) in [4.78, 5) is 12.3. The monoisotopic (exact) mass is 461 g/mol. The van der Waals surface area contributed by atoms with E-state index in [9.17, 15) is 4.79 Å². The number of nitrogens with zero attached hydrogens (tertiary/aromatic N) is 4. The van der Waals surface area contributed by atoms with Gasteiger partial charge in [-0.2, -0.15) is 5.10 Å². The van der Waals surface area contributed by atoms with Crippen molar-refractivity contribution in [1.29, 1.82) is 0 Å². The van der Waals surface area contributed by atoms with E-state index in [-0.39, 0.29) is 11.7 Å². The molecule has 160 valence electrons. The maximum absolute atomic E-state index is 12.3. The first kappa shape index (κ1) is 21.8. The van der Waals surface area contributed by atoms with E-state index in [1.54, 1.807) is 6.07 Å². The van der Waals surface area contributed by atoms with Gasteiger partial charge >= 0.3 is 0 Å². The van der Waals surface area contributed by atoms with Crippen LogP contribution < -0.4 is 5.43 Å². The Balaban J connectivity index is 1.51. The van der Waals surface area contributed by atoms with Crippen LogP contribution in [-0.2, 0) is 4.79 Å². The largest absolute Gasteiger partial charge is 0.272 e. The Morgan fingerprint density at radius 2 is 1.75 bits per heavy atom. The molecule has 0 aliphatic heterocycles. The van der Waals surface area contributed by atoms with E-state index in [0.29, 0.717) is 16.0 Å². The standard InChI is InChI=1S/C24H20ClN5OS/c1-17-11-13-20(14-12-17)30-23(18-7-3-2-4-8-18)28-29-24(30)32-16-22(31)27-26-15-19-9-5-6-10-21(19)25/h2-15H,16H2,1H3,(H,27,31)/b26-15+. The summed E-state index contributed by atoms with van der Waals surface area (Å²) < 4.78 is 1.96. The van der Waals surface area contributed by atoms with Gasteiger partial charge in [0.1, 0.15) is 0 Å². The van der Waals surface area contributed by atoms with Crippen LogP contribution in [-0.4, -0.2) is 32.6 Å². The molecule has 0 aliphatic rings. The Labute approximate surface area is 195 Å². The number of hydrazone groups is 1. The zero-order chi connectivity index (χ0) is 22.3. The van der Waals surface area contributed by atoms with Gasteiger partial charge in [0.25, 0.3) is 5.91 Å². The fourth-order valence-electron chi connectivity index (χ4n) is 2.98. The molecule has 0 atom stereocenters. The summed E-state index contributed by atoms with van der Waals surface area (Å²) in [5.41, 5.74) is 6.29. The molecule has 1 aromatic heterocycles. The van der Waals surface area contributed by atoms with Crippen LogP contribution in [0.3, 0.4) is 0 Å². The van der Waals surface area contributed by atoms with Gasteiger partial charge in [-0.15, -0.1) is 10.2 Å². The quantitative estimate of drug-likeness (QED) is 0.235. The predicted molar refractivity (Wildman–Crippen MR) is 129 cm³/mol. The van der Waals surface area contributed by atoms with Gasteiger partial charge in [-0.1, -0.05) is 89.6 Å². The minimum absolute atomic E-state index is 0.138. The highest BCUT2D eigenvalue weighted by Gasteiger charge is 2.17. The van der Waals surface area contributed by atoms with E-state index in [1.165, 1.54) is 18.0 Å². The summed E-state index contributed by atoms with van der Waals surface area (Å²) in [6.45, 7) is 2.04. The Morgan fingerprint density at radius 3 is 2.50 bits per heavy atom. The molecule has 4 rings (SSSR count). The van der Waals surface area contributed by atoms with Crippen LogP contribution in [0.25, 0.3) is 17.1 Å². The van der Waals surface area contributed by atoms with Crippen LogP contribution in [0.4, 0.5) is 0 Å². The molecule has 0 bridgehead atoms. The lowest BCUT2D eigenvalue weighted by molar-refractivity contribution is -0.118. The number of hydrogen-bond acceptors (Lipinski definition) is 5. The van der Waals surface area contributed by atoms with Crippen molar-refractivity contribution in [2.45, 2.75) is 12.1 Å². The molecular weight excluding hydrogens is 442 g/mol.